The Hall–Kier alpha value is -1.26. The Balaban J connectivity index is 2.34. The van der Waals surface area contributed by atoms with Gasteiger partial charge in [0.2, 0.25) is 9.70 Å². The molecule has 2 aromatic rings. The van der Waals surface area contributed by atoms with Gasteiger partial charge in [-0.3, -0.25) is 4.79 Å². The molecule has 0 aromatic heterocycles. The van der Waals surface area contributed by atoms with Crippen LogP contribution in [0.5, 0.6) is 0 Å². The highest BCUT2D eigenvalue weighted by Gasteiger charge is 2.37. The number of halogens is 3. The lowest BCUT2D eigenvalue weighted by molar-refractivity contribution is -0.129. The molecule has 25 heavy (non-hydrogen) atoms. The van der Waals surface area contributed by atoms with Crippen LogP contribution >= 0.6 is 34.8 Å². The summed E-state index contributed by atoms with van der Waals surface area (Å²) >= 11 is 18.2. The molecular formula is C19H20Cl3NO2. The van der Waals surface area contributed by atoms with E-state index in [-0.39, 0.29) is 11.8 Å². The first kappa shape index (κ1) is 20.1. The summed E-state index contributed by atoms with van der Waals surface area (Å²) in [6.07, 6.45) is -1.59. The van der Waals surface area contributed by atoms with Crippen molar-refractivity contribution in [2.75, 3.05) is 0 Å². The molecule has 0 heterocycles. The maximum absolute atomic E-state index is 12.1. The maximum Gasteiger partial charge on any atom is 0.234 e. The van der Waals surface area contributed by atoms with E-state index in [1.165, 1.54) is 0 Å². The normalized spacial score (nSPS) is 13.1. The molecule has 0 aliphatic carbocycles. The number of ether oxygens (including phenoxy) is 1. The Bertz CT molecular complexity index is 633. The Morgan fingerprint density at radius 1 is 0.920 bits per heavy atom. The minimum Gasteiger partial charge on any atom is -0.341 e. The van der Waals surface area contributed by atoms with Crippen molar-refractivity contribution in [3.8, 4) is 0 Å². The highest BCUT2D eigenvalue weighted by Crippen LogP contribution is 2.36. The van der Waals surface area contributed by atoms with Crippen LogP contribution in [-0.4, -0.2) is 15.9 Å². The van der Waals surface area contributed by atoms with E-state index in [4.69, 9.17) is 39.5 Å². The molecule has 1 N–H and O–H groups in total. The molecule has 0 saturated heterocycles. The summed E-state index contributed by atoms with van der Waals surface area (Å²) < 4.78 is 4.27. The summed E-state index contributed by atoms with van der Waals surface area (Å²) in [6.45, 7) is 3.52. The molecule has 3 nitrogen and oxygen atoms in total. The summed E-state index contributed by atoms with van der Waals surface area (Å²) in [4.78, 5) is 12.1. The molecule has 0 fully saturated rings. The highest BCUT2D eigenvalue weighted by molar-refractivity contribution is 6.68. The standard InChI is InChI=1S/C19H20Cl3NO2/c1-13(2)17(24)23-18(19(20,21)22)25-16(14-9-5-3-6-10-14)15-11-7-4-8-12-15/h3-13,16,18H,1-2H3,(H,23,24). The zero-order valence-corrected chi connectivity index (χ0v) is 16.2. The molecule has 1 amide bonds. The minimum atomic E-state index is -1.81. The fourth-order valence-corrected chi connectivity index (χ4v) is 2.55. The third-order valence-corrected chi connectivity index (χ3v) is 4.17. The van der Waals surface area contributed by atoms with E-state index in [1.807, 2.05) is 60.7 Å². The van der Waals surface area contributed by atoms with Crippen LogP contribution in [-0.2, 0) is 9.53 Å². The van der Waals surface area contributed by atoms with Gasteiger partial charge >= 0.3 is 0 Å². The molecule has 0 bridgehead atoms. The van der Waals surface area contributed by atoms with Gasteiger partial charge in [0.15, 0.2) is 6.23 Å². The van der Waals surface area contributed by atoms with Gasteiger partial charge in [0.05, 0.1) is 0 Å². The lowest BCUT2D eigenvalue weighted by Gasteiger charge is -2.31. The lowest BCUT2D eigenvalue weighted by Crippen LogP contribution is -2.47. The van der Waals surface area contributed by atoms with E-state index in [1.54, 1.807) is 13.8 Å². The van der Waals surface area contributed by atoms with Crippen LogP contribution < -0.4 is 5.32 Å². The van der Waals surface area contributed by atoms with Crippen molar-refractivity contribution in [3.05, 3.63) is 71.8 Å². The van der Waals surface area contributed by atoms with Gasteiger partial charge in [-0.15, -0.1) is 0 Å². The van der Waals surface area contributed by atoms with Gasteiger partial charge in [-0.2, -0.15) is 0 Å². The molecule has 0 aliphatic heterocycles. The van der Waals surface area contributed by atoms with Crippen LogP contribution in [0.2, 0.25) is 0 Å². The summed E-state index contributed by atoms with van der Waals surface area (Å²) in [5.74, 6) is -0.512. The van der Waals surface area contributed by atoms with Gasteiger partial charge < -0.3 is 10.1 Å². The number of amides is 1. The molecule has 0 radical (unpaired) electrons. The number of nitrogens with one attached hydrogen (secondary N) is 1. The molecule has 0 saturated carbocycles. The van der Waals surface area contributed by atoms with Crippen molar-refractivity contribution in [2.24, 2.45) is 5.92 Å². The minimum absolute atomic E-state index is 0.254. The van der Waals surface area contributed by atoms with Crippen molar-refractivity contribution < 1.29 is 9.53 Å². The predicted molar refractivity (Wildman–Crippen MR) is 103 cm³/mol. The number of rotatable bonds is 6. The monoisotopic (exact) mass is 399 g/mol. The Kier molecular flexibility index (Phi) is 7.14. The van der Waals surface area contributed by atoms with E-state index in [0.29, 0.717) is 0 Å². The van der Waals surface area contributed by atoms with Gasteiger partial charge in [-0.25, -0.2) is 0 Å². The Morgan fingerprint density at radius 3 is 1.72 bits per heavy atom. The number of benzene rings is 2. The van der Waals surface area contributed by atoms with Gasteiger partial charge in [0.25, 0.3) is 0 Å². The van der Waals surface area contributed by atoms with Crippen LogP contribution in [0, 0.1) is 5.92 Å². The molecule has 0 spiro atoms. The average molecular weight is 401 g/mol. The fraction of sp³-hybridized carbons (Fsp3) is 0.316. The van der Waals surface area contributed by atoms with Crippen molar-refractivity contribution in [3.63, 3.8) is 0 Å². The number of hydrogen-bond acceptors (Lipinski definition) is 2. The predicted octanol–water partition coefficient (Wildman–Crippen LogP) is 5.26. The number of carbonyl (C=O) groups excluding carboxylic acids is 1. The Morgan fingerprint density at radius 2 is 1.36 bits per heavy atom. The summed E-state index contributed by atoms with van der Waals surface area (Å²) in [7, 11) is 0. The van der Waals surface area contributed by atoms with Gasteiger partial charge in [-0.05, 0) is 11.1 Å². The van der Waals surface area contributed by atoms with Crippen molar-refractivity contribution in [1.82, 2.24) is 5.32 Å². The molecule has 1 atom stereocenters. The van der Waals surface area contributed by atoms with Crippen LogP contribution in [0.3, 0.4) is 0 Å². The molecule has 6 heteroatoms. The van der Waals surface area contributed by atoms with Crippen molar-refractivity contribution >= 4 is 40.7 Å². The van der Waals surface area contributed by atoms with Crippen LogP contribution in [0.15, 0.2) is 60.7 Å². The van der Waals surface area contributed by atoms with E-state index in [0.717, 1.165) is 11.1 Å². The lowest BCUT2D eigenvalue weighted by atomic mass is 10.0. The first-order chi connectivity index (χ1) is 11.8. The SMILES string of the molecule is CC(C)C(=O)NC(OC(c1ccccc1)c1ccccc1)C(Cl)(Cl)Cl. The zero-order chi connectivity index (χ0) is 18.4. The van der Waals surface area contributed by atoms with E-state index < -0.39 is 16.1 Å². The molecule has 1 unspecified atom stereocenters. The number of carbonyl (C=O) groups is 1. The molecule has 2 rings (SSSR count). The second kappa shape index (κ2) is 8.91. The average Bonchev–Trinajstić information content (AvgIpc) is 2.58. The van der Waals surface area contributed by atoms with E-state index in [9.17, 15) is 4.79 Å². The fourth-order valence-electron chi connectivity index (χ4n) is 2.23. The second-order valence-corrected chi connectivity index (χ2v) is 8.29. The Labute approximate surface area is 163 Å². The van der Waals surface area contributed by atoms with Gasteiger partial charge in [-0.1, -0.05) is 109 Å². The third-order valence-electron chi connectivity index (χ3n) is 3.57. The van der Waals surface area contributed by atoms with Crippen molar-refractivity contribution in [2.45, 2.75) is 30.0 Å². The van der Waals surface area contributed by atoms with Crippen LogP contribution in [0.25, 0.3) is 0 Å². The van der Waals surface area contributed by atoms with Crippen molar-refractivity contribution in [1.29, 1.82) is 0 Å². The largest absolute Gasteiger partial charge is 0.341 e. The van der Waals surface area contributed by atoms with Crippen LogP contribution in [0.1, 0.15) is 31.1 Å². The summed E-state index contributed by atoms with van der Waals surface area (Å²) in [6, 6.07) is 19.2. The summed E-state index contributed by atoms with van der Waals surface area (Å²) in [5.41, 5.74) is 1.79. The van der Waals surface area contributed by atoms with E-state index >= 15 is 0 Å². The number of hydrogen-bond donors (Lipinski definition) is 1. The topological polar surface area (TPSA) is 38.3 Å². The zero-order valence-electron chi connectivity index (χ0n) is 14.0. The van der Waals surface area contributed by atoms with Gasteiger partial charge in [0.1, 0.15) is 6.10 Å². The number of alkyl halides is 3. The molecular weight excluding hydrogens is 381 g/mol. The highest BCUT2D eigenvalue weighted by atomic mass is 35.6. The quantitative estimate of drug-likeness (QED) is 0.530. The van der Waals surface area contributed by atoms with E-state index in [2.05, 4.69) is 5.32 Å². The summed E-state index contributed by atoms with van der Waals surface area (Å²) in [5, 5.41) is 2.67. The first-order valence-electron chi connectivity index (χ1n) is 7.91. The first-order valence-corrected chi connectivity index (χ1v) is 9.05. The molecule has 134 valence electrons. The molecule has 0 aliphatic rings. The third kappa shape index (κ3) is 5.89. The maximum atomic E-state index is 12.1. The second-order valence-electron chi connectivity index (χ2n) is 5.92. The molecule has 2 aromatic carbocycles. The van der Waals surface area contributed by atoms with Gasteiger partial charge in [0, 0.05) is 5.92 Å². The smallest absolute Gasteiger partial charge is 0.234 e. The van der Waals surface area contributed by atoms with Crippen LogP contribution in [0.4, 0.5) is 0 Å².